The molecule has 0 bridgehead atoms. The molecule has 0 aromatic heterocycles. The van der Waals surface area contributed by atoms with E-state index in [0.717, 1.165) is 4.46 Å². The van der Waals surface area contributed by atoms with Gasteiger partial charge in [-0.25, -0.2) is 0 Å². The van der Waals surface area contributed by atoms with Gasteiger partial charge in [0.1, 0.15) is 0 Å². The topological polar surface area (TPSA) is 63.6 Å². The number of carbonyl (C=O) groups is 1. The van der Waals surface area contributed by atoms with Crippen LogP contribution in [0.4, 0.5) is 0 Å². The van der Waals surface area contributed by atoms with Crippen molar-refractivity contribution in [2.45, 2.75) is 49.6 Å². The Bertz CT molecular complexity index is 498. The monoisotopic (exact) mass is 344 g/mol. The molecule has 0 saturated heterocycles. The Kier molecular flexibility index (Phi) is 4.74. The van der Waals surface area contributed by atoms with E-state index >= 15 is 0 Å². The van der Waals surface area contributed by atoms with E-state index in [1.807, 2.05) is 30.3 Å². The van der Waals surface area contributed by atoms with Crippen molar-refractivity contribution in [3.8, 4) is 0 Å². The van der Waals surface area contributed by atoms with Crippen LogP contribution < -0.4 is 4.46 Å². The van der Waals surface area contributed by atoms with Crippen LogP contribution in [0.2, 0.25) is 4.82 Å². The Morgan fingerprint density at radius 1 is 1.40 bits per heavy atom. The van der Waals surface area contributed by atoms with Gasteiger partial charge in [0.2, 0.25) is 0 Å². The van der Waals surface area contributed by atoms with Crippen molar-refractivity contribution in [1.82, 2.24) is 0 Å². The zero-order valence-corrected chi connectivity index (χ0v) is 13.5. The summed E-state index contributed by atoms with van der Waals surface area (Å²) in [6.45, 7) is 3.11. The van der Waals surface area contributed by atoms with E-state index in [0.29, 0.717) is 19.3 Å². The van der Waals surface area contributed by atoms with Gasteiger partial charge in [0.15, 0.2) is 0 Å². The van der Waals surface area contributed by atoms with Gasteiger partial charge in [0, 0.05) is 0 Å². The van der Waals surface area contributed by atoms with Gasteiger partial charge < -0.3 is 0 Å². The number of hydrogen-bond donors (Lipinski definition) is 1. The number of aliphatic hydroxyl groups is 1. The van der Waals surface area contributed by atoms with Crippen molar-refractivity contribution in [3.63, 3.8) is 0 Å². The molecule has 110 valence electrons. The third-order valence-electron chi connectivity index (χ3n) is 3.71. The third kappa shape index (κ3) is 3.54. The maximum absolute atomic E-state index is 12.8. The molecule has 1 unspecified atom stereocenters. The number of benzene rings is 1. The van der Waals surface area contributed by atoms with Crippen molar-refractivity contribution in [2.24, 2.45) is 0 Å². The van der Waals surface area contributed by atoms with Crippen molar-refractivity contribution < 1.29 is 18.5 Å². The van der Waals surface area contributed by atoms with Crippen LogP contribution in [0.3, 0.4) is 0 Å². The molecule has 1 aromatic carbocycles. The second-order valence-electron chi connectivity index (χ2n) is 5.46. The van der Waals surface area contributed by atoms with Gasteiger partial charge in [-0.1, -0.05) is 0 Å². The minimum absolute atomic E-state index is 0.235. The summed E-state index contributed by atoms with van der Waals surface area (Å²) < 4.78 is 18.8. The second-order valence-corrected chi connectivity index (χ2v) is 8.89. The summed E-state index contributed by atoms with van der Waals surface area (Å²) in [6, 6.07) is 9.26. The van der Waals surface area contributed by atoms with Crippen LogP contribution in [0.5, 0.6) is 0 Å². The van der Waals surface area contributed by atoms with Crippen LogP contribution in [0.1, 0.15) is 33.1 Å². The average Bonchev–Trinajstić information content (AvgIpc) is 2.40. The number of ether oxygens (including phenoxy) is 1. The zero-order valence-electron chi connectivity index (χ0n) is 11.7. The molecule has 1 aliphatic rings. The van der Waals surface area contributed by atoms with Gasteiger partial charge in [0.05, 0.1) is 0 Å². The normalized spacial score (nSPS) is 31.6. The molecular weight excluding hydrogens is 323 g/mol. The Hall–Kier alpha value is -1.03. The first kappa shape index (κ1) is 15.4. The average molecular weight is 343 g/mol. The van der Waals surface area contributed by atoms with E-state index in [9.17, 15) is 13.7 Å². The van der Waals surface area contributed by atoms with Crippen LogP contribution >= 0.6 is 0 Å². The molecule has 20 heavy (non-hydrogen) atoms. The van der Waals surface area contributed by atoms with Gasteiger partial charge in [-0.3, -0.25) is 0 Å². The summed E-state index contributed by atoms with van der Waals surface area (Å²) in [7, 11) is 0. The summed E-state index contributed by atoms with van der Waals surface area (Å²) in [5, 5.41) is 10.5. The molecule has 0 aliphatic heterocycles. The van der Waals surface area contributed by atoms with Gasteiger partial charge in [0.25, 0.3) is 0 Å². The zero-order chi connectivity index (χ0) is 14.8. The first-order valence-corrected chi connectivity index (χ1v) is 9.30. The van der Waals surface area contributed by atoms with E-state index in [-0.39, 0.29) is 16.9 Å². The Labute approximate surface area is 123 Å². The number of rotatable bonds is 3. The molecule has 1 fully saturated rings. The molecule has 1 N–H and O–H groups in total. The molecule has 0 radical (unpaired) electrons. The molecule has 4 nitrogen and oxygen atoms in total. The first-order valence-electron chi connectivity index (χ1n) is 6.75. The van der Waals surface area contributed by atoms with Gasteiger partial charge in [-0.05, 0) is 0 Å². The molecule has 5 heteroatoms. The summed E-state index contributed by atoms with van der Waals surface area (Å²) in [5.74, 6) is -0.322. The minimum atomic E-state index is -2.39. The van der Waals surface area contributed by atoms with Crippen LogP contribution in [0, 0.1) is 0 Å². The fourth-order valence-electron chi connectivity index (χ4n) is 2.60. The number of hydrogen-bond acceptors (Lipinski definition) is 4. The van der Waals surface area contributed by atoms with Gasteiger partial charge in [-0.2, -0.15) is 0 Å². The molecule has 1 aliphatic carbocycles. The molecule has 2 rings (SSSR count). The van der Waals surface area contributed by atoms with Crippen LogP contribution in [0.25, 0.3) is 0 Å². The van der Waals surface area contributed by atoms with E-state index in [1.165, 1.54) is 6.92 Å². The third-order valence-corrected chi connectivity index (χ3v) is 7.81. The summed E-state index contributed by atoms with van der Waals surface area (Å²) in [6.07, 6.45) is 1.36. The fraction of sp³-hybridized carbons (Fsp3) is 0.533. The second kappa shape index (κ2) is 6.17. The molecule has 0 amide bonds. The Balaban J connectivity index is 2.17. The molecule has 1 aromatic rings. The van der Waals surface area contributed by atoms with E-state index in [2.05, 4.69) is 0 Å². The first-order chi connectivity index (χ1) is 9.40. The van der Waals surface area contributed by atoms with Crippen molar-refractivity contribution >= 4 is 24.3 Å². The van der Waals surface area contributed by atoms with Crippen molar-refractivity contribution in [2.75, 3.05) is 0 Å². The number of esters is 1. The van der Waals surface area contributed by atoms with Crippen LogP contribution in [-0.4, -0.2) is 36.6 Å². The summed E-state index contributed by atoms with van der Waals surface area (Å²) in [5.41, 5.74) is -0.959. The fourth-order valence-corrected chi connectivity index (χ4v) is 6.22. The molecule has 0 spiro atoms. The Morgan fingerprint density at radius 3 is 2.65 bits per heavy atom. The predicted molar refractivity (Wildman–Crippen MR) is 76.3 cm³/mol. The van der Waals surface area contributed by atoms with E-state index < -0.39 is 19.4 Å². The summed E-state index contributed by atoms with van der Waals surface area (Å²) in [4.78, 5) is 10.7. The Morgan fingerprint density at radius 2 is 2.05 bits per heavy atom. The molecule has 0 heterocycles. The maximum atomic E-state index is 12.8. The van der Waals surface area contributed by atoms with Crippen molar-refractivity contribution in [3.05, 3.63) is 30.3 Å². The predicted octanol–water partition coefficient (Wildman–Crippen LogP) is 1.55. The van der Waals surface area contributed by atoms with Crippen LogP contribution in [-0.2, 0) is 13.4 Å². The standard InChI is InChI=1S/C15H20O4Se/c1-11(16)19-12-8-9-15(2,17)14(10-12)20(18)13-6-4-3-5-7-13/h3-7,12,14,17H,8-10H2,1-2H3/t12-,14-,15-,20?/m1/s1. The van der Waals surface area contributed by atoms with Crippen LogP contribution in [0.15, 0.2) is 30.3 Å². The van der Waals surface area contributed by atoms with Crippen molar-refractivity contribution in [1.29, 1.82) is 0 Å². The quantitative estimate of drug-likeness (QED) is 0.668. The van der Waals surface area contributed by atoms with Gasteiger partial charge in [-0.15, -0.1) is 0 Å². The molecule has 4 atom stereocenters. The van der Waals surface area contributed by atoms with Gasteiger partial charge >= 0.3 is 123 Å². The van der Waals surface area contributed by atoms with E-state index in [1.54, 1.807) is 6.92 Å². The van der Waals surface area contributed by atoms with E-state index in [4.69, 9.17) is 4.74 Å². The SMILES string of the molecule is CC(=O)O[C@@H]1CC[C@@](C)(O)[C@H]([Se](=O)c2ccccc2)C1. The molecule has 1 saturated carbocycles. The molecular formula is C15H20O4Se. The summed E-state index contributed by atoms with van der Waals surface area (Å²) >= 11 is -2.39. The number of carbonyl (C=O) groups excluding carboxylic acids is 1.